The Kier molecular flexibility index (Phi) is 3.84. The summed E-state index contributed by atoms with van der Waals surface area (Å²) in [4.78, 5) is 3.11. The van der Waals surface area contributed by atoms with Crippen molar-refractivity contribution in [3.05, 3.63) is 29.6 Å². The van der Waals surface area contributed by atoms with Gasteiger partial charge in [0.25, 0.3) is 0 Å². The predicted molar refractivity (Wildman–Crippen MR) is 47.3 cm³/mol. The molecule has 0 aliphatic carbocycles. The van der Waals surface area contributed by atoms with Crippen LogP contribution in [-0.4, -0.2) is 33.0 Å². The molecule has 1 aromatic rings. The number of rotatable bonds is 3. The van der Waals surface area contributed by atoms with E-state index in [9.17, 15) is 18.3 Å². The molecule has 16 heavy (non-hydrogen) atoms. The van der Waals surface area contributed by atoms with Crippen molar-refractivity contribution in [1.82, 2.24) is 4.98 Å². The van der Waals surface area contributed by atoms with Crippen molar-refractivity contribution < 1.29 is 28.5 Å². The van der Waals surface area contributed by atoms with Crippen molar-refractivity contribution in [2.24, 2.45) is 0 Å². The van der Waals surface area contributed by atoms with Crippen LogP contribution in [0.2, 0.25) is 0 Å². The molecule has 0 saturated heterocycles. The summed E-state index contributed by atoms with van der Waals surface area (Å²) in [7, 11) is 0. The van der Waals surface area contributed by atoms with E-state index in [0.29, 0.717) is 6.07 Å². The number of alkyl halides is 3. The van der Waals surface area contributed by atoms with E-state index in [1.165, 1.54) is 0 Å². The number of aromatic nitrogens is 1. The molecular weight excluding hydrogens is 227 g/mol. The summed E-state index contributed by atoms with van der Waals surface area (Å²) in [6.45, 7) is -0.692. The second-order valence-electron chi connectivity index (χ2n) is 3.17. The maximum absolute atomic E-state index is 12.1. The van der Waals surface area contributed by atoms with Crippen molar-refractivity contribution in [2.45, 2.75) is 18.4 Å². The van der Waals surface area contributed by atoms with Crippen LogP contribution in [0, 0.1) is 0 Å². The van der Waals surface area contributed by atoms with Crippen LogP contribution in [0.3, 0.4) is 0 Å². The zero-order valence-electron chi connectivity index (χ0n) is 8.02. The molecule has 1 rings (SSSR count). The number of hydrogen-bond donors (Lipinski definition) is 3. The fraction of sp³-hybridized carbons (Fsp3) is 0.444. The Morgan fingerprint density at radius 1 is 1.25 bits per heavy atom. The third-order valence-electron chi connectivity index (χ3n) is 1.97. The summed E-state index contributed by atoms with van der Waals surface area (Å²) in [6, 6.07) is 1.70. The van der Waals surface area contributed by atoms with Crippen molar-refractivity contribution in [1.29, 1.82) is 0 Å². The summed E-state index contributed by atoms with van der Waals surface area (Å²) in [5, 5.41) is 27.0. The van der Waals surface area contributed by atoms with Gasteiger partial charge in [-0.3, -0.25) is 4.98 Å². The lowest BCUT2D eigenvalue weighted by molar-refractivity contribution is -0.141. The van der Waals surface area contributed by atoms with Crippen LogP contribution in [0.5, 0.6) is 0 Å². The Bertz CT molecular complexity index is 339. The number of nitrogens with zero attached hydrogens (tertiary/aromatic N) is 1. The van der Waals surface area contributed by atoms with E-state index < -0.39 is 30.7 Å². The van der Waals surface area contributed by atoms with Gasteiger partial charge in [0.2, 0.25) is 0 Å². The molecule has 0 aliphatic rings. The van der Waals surface area contributed by atoms with Crippen LogP contribution in [0.25, 0.3) is 0 Å². The Labute approximate surface area is 89.0 Å². The lowest BCUT2D eigenvalue weighted by atomic mass is 10.1. The molecule has 0 fully saturated rings. The van der Waals surface area contributed by atoms with Gasteiger partial charge in [-0.1, -0.05) is 6.07 Å². The molecule has 0 bridgehead atoms. The minimum Gasteiger partial charge on any atom is -0.394 e. The molecule has 90 valence electrons. The summed E-state index contributed by atoms with van der Waals surface area (Å²) in [6.07, 6.45) is -6.64. The fourth-order valence-corrected chi connectivity index (χ4v) is 1.07. The first-order chi connectivity index (χ1) is 7.36. The zero-order chi connectivity index (χ0) is 12.3. The van der Waals surface area contributed by atoms with Gasteiger partial charge in [-0.15, -0.1) is 0 Å². The van der Waals surface area contributed by atoms with Gasteiger partial charge in [0.1, 0.15) is 17.9 Å². The minimum atomic E-state index is -4.54. The maximum atomic E-state index is 12.1. The monoisotopic (exact) mass is 237 g/mol. The topological polar surface area (TPSA) is 73.6 Å². The molecule has 0 aliphatic heterocycles. The van der Waals surface area contributed by atoms with E-state index in [-0.39, 0.29) is 5.56 Å². The van der Waals surface area contributed by atoms with E-state index in [2.05, 4.69) is 4.98 Å². The van der Waals surface area contributed by atoms with Crippen LogP contribution < -0.4 is 0 Å². The number of hydrogen-bond acceptors (Lipinski definition) is 4. The first kappa shape index (κ1) is 12.9. The van der Waals surface area contributed by atoms with Crippen molar-refractivity contribution in [3.63, 3.8) is 0 Å². The van der Waals surface area contributed by atoms with E-state index in [1.54, 1.807) is 0 Å². The van der Waals surface area contributed by atoms with Crippen LogP contribution in [0.1, 0.15) is 17.4 Å². The molecule has 2 atom stereocenters. The molecule has 3 N–H and O–H groups in total. The Balaban J connectivity index is 2.87. The van der Waals surface area contributed by atoms with Crippen molar-refractivity contribution in [2.75, 3.05) is 6.61 Å². The van der Waals surface area contributed by atoms with E-state index >= 15 is 0 Å². The Hall–Kier alpha value is -1.18. The molecule has 0 radical (unpaired) electrons. The number of aliphatic hydroxyl groups excluding tert-OH is 3. The summed E-state index contributed by atoms with van der Waals surface area (Å²) >= 11 is 0. The molecule has 2 unspecified atom stereocenters. The van der Waals surface area contributed by atoms with Gasteiger partial charge in [0, 0.05) is 11.8 Å². The van der Waals surface area contributed by atoms with Gasteiger partial charge in [0.05, 0.1) is 6.61 Å². The molecule has 7 heteroatoms. The largest absolute Gasteiger partial charge is 0.433 e. The van der Waals surface area contributed by atoms with Gasteiger partial charge in [-0.2, -0.15) is 13.2 Å². The molecule has 0 amide bonds. The van der Waals surface area contributed by atoms with E-state index in [0.717, 1.165) is 12.3 Å². The zero-order valence-corrected chi connectivity index (χ0v) is 8.02. The van der Waals surface area contributed by atoms with Gasteiger partial charge < -0.3 is 15.3 Å². The molecule has 0 saturated carbocycles. The quantitative estimate of drug-likeness (QED) is 0.715. The predicted octanol–water partition coefficient (Wildman–Crippen LogP) is 0.487. The fourth-order valence-electron chi connectivity index (χ4n) is 1.07. The molecular formula is C9H10F3NO3. The highest BCUT2D eigenvalue weighted by molar-refractivity contribution is 5.18. The lowest BCUT2D eigenvalue weighted by Crippen LogP contribution is -2.22. The average Bonchev–Trinajstić information content (AvgIpc) is 2.26. The van der Waals surface area contributed by atoms with E-state index in [1.807, 2.05) is 0 Å². The van der Waals surface area contributed by atoms with Crippen LogP contribution in [-0.2, 0) is 6.18 Å². The lowest BCUT2D eigenvalue weighted by Gasteiger charge is -2.15. The standard InChI is InChI=1S/C9H10F3NO3/c10-9(11,12)7-2-1-5(3-13-7)8(16)6(15)4-14/h1-3,6,8,14-16H,4H2. The van der Waals surface area contributed by atoms with Crippen LogP contribution >= 0.6 is 0 Å². The Morgan fingerprint density at radius 2 is 1.88 bits per heavy atom. The third-order valence-corrected chi connectivity index (χ3v) is 1.97. The highest BCUT2D eigenvalue weighted by Crippen LogP contribution is 2.28. The highest BCUT2D eigenvalue weighted by atomic mass is 19.4. The molecule has 0 spiro atoms. The van der Waals surface area contributed by atoms with Gasteiger partial charge >= 0.3 is 6.18 Å². The van der Waals surface area contributed by atoms with Crippen molar-refractivity contribution in [3.8, 4) is 0 Å². The first-order valence-electron chi connectivity index (χ1n) is 4.36. The maximum Gasteiger partial charge on any atom is 0.433 e. The van der Waals surface area contributed by atoms with E-state index in [4.69, 9.17) is 10.2 Å². The third kappa shape index (κ3) is 2.91. The Morgan fingerprint density at radius 3 is 2.25 bits per heavy atom. The van der Waals surface area contributed by atoms with Gasteiger partial charge in [0.15, 0.2) is 0 Å². The second-order valence-corrected chi connectivity index (χ2v) is 3.17. The summed E-state index contributed by atoms with van der Waals surface area (Å²) < 4.78 is 36.4. The molecule has 1 heterocycles. The number of pyridine rings is 1. The second kappa shape index (κ2) is 4.77. The number of aliphatic hydroxyl groups is 3. The normalized spacial score (nSPS) is 15.9. The van der Waals surface area contributed by atoms with Crippen molar-refractivity contribution >= 4 is 0 Å². The molecule has 4 nitrogen and oxygen atoms in total. The number of halogens is 3. The van der Waals surface area contributed by atoms with Crippen LogP contribution in [0.15, 0.2) is 18.3 Å². The van der Waals surface area contributed by atoms with Crippen LogP contribution in [0.4, 0.5) is 13.2 Å². The first-order valence-corrected chi connectivity index (χ1v) is 4.36. The summed E-state index contributed by atoms with van der Waals surface area (Å²) in [5.41, 5.74) is -1.07. The van der Waals surface area contributed by atoms with Gasteiger partial charge in [-0.05, 0) is 6.07 Å². The highest BCUT2D eigenvalue weighted by Gasteiger charge is 2.32. The SMILES string of the molecule is OCC(O)C(O)c1ccc(C(F)(F)F)nc1. The van der Waals surface area contributed by atoms with Gasteiger partial charge in [-0.25, -0.2) is 0 Å². The summed E-state index contributed by atoms with van der Waals surface area (Å²) in [5.74, 6) is 0. The smallest absolute Gasteiger partial charge is 0.394 e. The average molecular weight is 237 g/mol. The minimum absolute atomic E-state index is 0.00884. The molecule has 0 aromatic carbocycles. The molecule has 1 aromatic heterocycles.